The van der Waals surface area contributed by atoms with Crippen LogP contribution in [0.5, 0.6) is 0 Å². The van der Waals surface area contributed by atoms with Crippen molar-refractivity contribution in [2.75, 3.05) is 6.26 Å². The van der Waals surface area contributed by atoms with Gasteiger partial charge in [0.15, 0.2) is 0 Å². The van der Waals surface area contributed by atoms with Crippen molar-refractivity contribution in [3.05, 3.63) is 28.8 Å². The molecule has 0 aliphatic heterocycles. The van der Waals surface area contributed by atoms with Crippen molar-refractivity contribution >= 4 is 23.4 Å². The van der Waals surface area contributed by atoms with Gasteiger partial charge >= 0.3 is 0 Å². The predicted molar refractivity (Wildman–Crippen MR) is 48.0 cm³/mol. The molecule has 0 amide bonds. The van der Waals surface area contributed by atoms with Crippen LogP contribution in [0.3, 0.4) is 0 Å². The van der Waals surface area contributed by atoms with Crippen LogP contribution in [-0.4, -0.2) is 6.26 Å². The van der Waals surface area contributed by atoms with Crippen LogP contribution in [0.1, 0.15) is 5.56 Å². The lowest BCUT2D eigenvalue weighted by Crippen LogP contribution is -1.79. The third-order valence-corrected chi connectivity index (χ3v) is 2.59. The fraction of sp³-hybridized carbons (Fsp3) is 0.250. The number of benzene rings is 1. The number of hydrogen-bond donors (Lipinski definition) is 0. The maximum atomic E-state index is 12.1. The van der Waals surface area contributed by atoms with Gasteiger partial charge in [-0.3, -0.25) is 0 Å². The van der Waals surface area contributed by atoms with Crippen molar-refractivity contribution in [3.8, 4) is 0 Å². The van der Waals surface area contributed by atoms with Gasteiger partial charge < -0.3 is 0 Å². The number of rotatable bonds is 2. The first kappa shape index (κ1) is 8.88. The number of hydrogen-bond acceptors (Lipinski definition) is 1. The standard InChI is InChI=1S/C8H8ClFS/c1-11-8-3-2-6(5-10)4-7(8)9/h2-4H,5H2,1H3. The van der Waals surface area contributed by atoms with E-state index < -0.39 is 6.67 Å². The van der Waals surface area contributed by atoms with Gasteiger partial charge in [0.25, 0.3) is 0 Å². The lowest BCUT2D eigenvalue weighted by molar-refractivity contribution is 0.485. The average molecular weight is 191 g/mol. The molecule has 0 heterocycles. The topological polar surface area (TPSA) is 0 Å². The average Bonchev–Trinajstić information content (AvgIpc) is 2.04. The number of alkyl halides is 1. The van der Waals surface area contributed by atoms with Crippen molar-refractivity contribution in [1.29, 1.82) is 0 Å². The van der Waals surface area contributed by atoms with Crippen LogP contribution in [0.15, 0.2) is 23.1 Å². The van der Waals surface area contributed by atoms with Crippen molar-refractivity contribution in [2.24, 2.45) is 0 Å². The molecule has 1 aromatic rings. The van der Waals surface area contributed by atoms with Gasteiger partial charge in [-0.05, 0) is 24.0 Å². The summed E-state index contributed by atoms with van der Waals surface area (Å²) in [4.78, 5) is 0.990. The highest BCUT2D eigenvalue weighted by Gasteiger charge is 1.99. The largest absolute Gasteiger partial charge is 0.246 e. The Bertz CT molecular complexity index is 250. The Morgan fingerprint density at radius 1 is 1.55 bits per heavy atom. The zero-order chi connectivity index (χ0) is 8.27. The minimum atomic E-state index is -0.450. The van der Waals surface area contributed by atoms with Crippen molar-refractivity contribution < 1.29 is 4.39 Å². The molecule has 3 heteroatoms. The van der Waals surface area contributed by atoms with Gasteiger partial charge in [-0.1, -0.05) is 17.7 Å². The molecule has 0 aliphatic rings. The van der Waals surface area contributed by atoms with Crippen LogP contribution in [0.4, 0.5) is 4.39 Å². The molecule has 0 atom stereocenters. The number of halogens is 2. The quantitative estimate of drug-likeness (QED) is 0.643. The minimum Gasteiger partial charge on any atom is -0.246 e. The maximum absolute atomic E-state index is 12.1. The Morgan fingerprint density at radius 3 is 2.73 bits per heavy atom. The summed E-state index contributed by atoms with van der Waals surface area (Å²) in [5, 5.41) is 0.632. The number of thioether (sulfide) groups is 1. The summed E-state index contributed by atoms with van der Waals surface area (Å²) >= 11 is 7.38. The molecule has 0 fully saturated rings. The van der Waals surface area contributed by atoms with Crippen LogP contribution in [-0.2, 0) is 6.67 Å². The van der Waals surface area contributed by atoms with Crippen molar-refractivity contribution in [3.63, 3.8) is 0 Å². The highest BCUT2D eigenvalue weighted by Crippen LogP contribution is 2.26. The van der Waals surface area contributed by atoms with E-state index in [0.717, 1.165) is 4.90 Å². The molecule has 0 spiro atoms. The molecular formula is C8H8ClFS. The van der Waals surface area contributed by atoms with Crippen LogP contribution in [0, 0.1) is 0 Å². The molecule has 0 nitrogen and oxygen atoms in total. The Hall–Kier alpha value is -0.210. The molecule has 0 saturated heterocycles. The second kappa shape index (κ2) is 3.98. The third-order valence-electron chi connectivity index (χ3n) is 1.37. The van der Waals surface area contributed by atoms with Crippen LogP contribution >= 0.6 is 23.4 Å². The third kappa shape index (κ3) is 2.11. The molecule has 0 aliphatic carbocycles. The smallest absolute Gasteiger partial charge is 0.115 e. The van der Waals surface area contributed by atoms with E-state index in [2.05, 4.69) is 0 Å². The molecule has 1 rings (SSSR count). The van der Waals surface area contributed by atoms with Gasteiger partial charge in [0, 0.05) is 4.90 Å². The molecule has 0 saturated carbocycles. The van der Waals surface area contributed by atoms with Gasteiger partial charge in [-0.2, -0.15) is 0 Å². The van der Waals surface area contributed by atoms with E-state index in [9.17, 15) is 4.39 Å². The molecule has 60 valence electrons. The summed E-state index contributed by atoms with van der Waals surface area (Å²) in [5.41, 5.74) is 0.632. The summed E-state index contributed by atoms with van der Waals surface area (Å²) in [5.74, 6) is 0. The van der Waals surface area contributed by atoms with E-state index in [-0.39, 0.29) is 0 Å². The van der Waals surface area contributed by atoms with E-state index >= 15 is 0 Å². The highest BCUT2D eigenvalue weighted by atomic mass is 35.5. The van der Waals surface area contributed by atoms with E-state index in [0.29, 0.717) is 10.6 Å². The zero-order valence-electron chi connectivity index (χ0n) is 6.10. The minimum absolute atomic E-state index is 0.450. The second-order valence-electron chi connectivity index (χ2n) is 2.10. The highest BCUT2D eigenvalue weighted by molar-refractivity contribution is 7.98. The molecule has 0 bridgehead atoms. The van der Waals surface area contributed by atoms with E-state index in [1.54, 1.807) is 23.9 Å². The van der Waals surface area contributed by atoms with Gasteiger partial charge in [0.1, 0.15) is 6.67 Å². The molecule has 0 unspecified atom stereocenters. The summed E-state index contributed by atoms with van der Waals surface area (Å²) in [6, 6.07) is 5.24. The van der Waals surface area contributed by atoms with Gasteiger partial charge in [-0.15, -0.1) is 11.8 Å². The lowest BCUT2D eigenvalue weighted by atomic mass is 10.2. The van der Waals surface area contributed by atoms with Gasteiger partial charge in [0.05, 0.1) is 5.02 Å². The van der Waals surface area contributed by atoms with Crippen molar-refractivity contribution in [2.45, 2.75) is 11.6 Å². The van der Waals surface area contributed by atoms with Gasteiger partial charge in [0.2, 0.25) is 0 Å². The maximum Gasteiger partial charge on any atom is 0.115 e. The zero-order valence-corrected chi connectivity index (χ0v) is 7.68. The Labute approximate surface area is 74.8 Å². The molecule has 0 aromatic heterocycles. The van der Waals surface area contributed by atoms with Crippen LogP contribution in [0.25, 0.3) is 0 Å². The predicted octanol–water partition coefficient (Wildman–Crippen LogP) is 3.53. The first-order valence-electron chi connectivity index (χ1n) is 3.16. The summed E-state index contributed by atoms with van der Waals surface area (Å²) < 4.78 is 12.1. The van der Waals surface area contributed by atoms with Crippen LogP contribution < -0.4 is 0 Å². The Kier molecular flexibility index (Phi) is 3.21. The monoisotopic (exact) mass is 190 g/mol. The Morgan fingerprint density at radius 2 is 2.27 bits per heavy atom. The van der Waals surface area contributed by atoms with E-state index in [1.807, 2.05) is 12.3 Å². The molecular weight excluding hydrogens is 183 g/mol. The van der Waals surface area contributed by atoms with Crippen LogP contribution in [0.2, 0.25) is 5.02 Å². The molecule has 0 N–H and O–H groups in total. The molecule has 0 radical (unpaired) electrons. The van der Waals surface area contributed by atoms with Gasteiger partial charge in [-0.25, -0.2) is 4.39 Å². The first-order valence-corrected chi connectivity index (χ1v) is 4.76. The SMILES string of the molecule is CSc1ccc(CF)cc1Cl. The second-order valence-corrected chi connectivity index (χ2v) is 3.36. The molecule has 1 aromatic carbocycles. The van der Waals surface area contributed by atoms with E-state index in [4.69, 9.17) is 11.6 Å². The summed E-state index contributed by atoms with van der Waals surface area (Å²) in [6.07, 6.45) is 1.94. The fourth-order valence-electron chi connectivity index (χ4n) is 0.793. The normalized spacial score (nSPS) is 10.1. The lowest BCUT2D eigenvalue weighted by Gasteiger charge is -2.00. The summed E-state index contributed by atoms with van der Waals surface area (Å²) in [7, 11) is 0. The van der Waals surface area contributed by atoms with E-state index in [1.165, 1.54) is 0 Å². The van der Waals surface area contributed by atoms with Crippen molar-refractivity contribution in [1.82, 2.24) is 0 Å². The fourth-order valence-corrected chi connectivity index (χ4v) is 1.69. The first-order chi connectivity index (χ1) is 5.27. The summed E-state index contributed by atoms with van der Waals surface area (Å²) in [6.45, 7) is -0.450. The molecule has 11 heavy (non-hydrogen) atoms. The Balaban J connectivity index is 2.99.